The summed E-state index contributed by atoms with van der Waals surface area (Å²) in [6.45, 7) is -3.02. The number of nitrogens with zero attached hydrogens (tertiary/aromatic N) is 1. The number of rotatable bonds is 5. The molecule has 5 nitrogen and oxygen atoms in total. The molecule has 0 aromatic heterocycles. The molecule has 0 bridgehead atoms. The van der Waals surface area contributed by atoms with Crippen LogP contribution in [0.1, 0.15) is 21.5 Å². The molecule has 0 aliphatic rings. The Morgan fingerprint density at radius 2 is 1.77 bits per heavy atom. The van der Waals surface area contributed by atoms with E-state index in [9.17, 15) is 26.7 Å². The van der Waals surface area contributed by atoms with Gasteiger partial charge >= 0.3 is 12.8 Å². The molecule has 0 radical (unpaired) electrons. The summed E-state index contributed by atoms with van der Waals surface area (Å²) in [6.07, 6.45) is -4.74. The van der Waals surface area contributed by atoms with Gasteiger partial charge < -0.3 is 4.74 Å². The average Bonchev–Trinajstić information content (AvgIpc) is 2.59. The third-order valence-electron chi connectivity index (χ3n) is 3.11. The van der Waals surface area contributed by atoms with Crippen molar-refractivity contribution in [3.05, 3.63) is 59.2 Å². The summed E-state index contributed by atoms with van der Waals surface area (Å²) in [4.78, 5) is 11.9. The van der Waals surface area contributed by atoms with Gasteiger partial charge in [-0.15, -0.1) is 0 Å². The van der Waals surface area contributed by atoms with E-state index < -0.39 is 29.9 Å². The van der Waals surface area contributed by atoms with Crippen molar-refractivity contribution >= 4 is 11.6 Å². The molecule has 1 amide bonds. The molecule has 0 aliphatic heterocycles. The molecule has 26 heavy (non-hydrogen) atoms. The van der Waals surface area contributed by atoms with Gasteiger partial charge in [0.2, 0.25) is 0 Å². The molecule has 0 fully saturated rings. The number of ether oxygens (including phenoxy) is 1. The summed E-state index contributed by atoms with van der Waals surface area (Å²) in [7, 11) is 0. The summed E-state index contributed by atoms with van der Waals surface area (Å²) < 4.78 is 67.3. The van der Waals surface area contributed by atoms with Crippen LogP contribution in [-0.4, -0.2) is 12.5 Å². The Bertz CT molecular complexity index is 829. The summed E-state index contributed by atoms with van der Waals surface area (Å²) in [5.41, 5.74) is 2.43. The normalized spacial score (nSPS) is 11.0. The van der Waals surface area contributed by atoms with Gasteiger partial charge in [0.25, 0.3) is 5.91 Å². The summed E-state index contributed by atoms with van der Waals surface area (Å²) >= 11 is 0. The molecule has 0 spiro atoms. The van der Waals surface area contributed by atoms with Crippen LogP contribution in [0.3, 0.4) is 0 Å². The molecule has 0 atom stereocenters. The fraction of sp³-hybridized carbons (Fsp3) is 0.125. The third-order valence-corrected chi connectivity index (χ3v) is 3.11. The van der Waals surface area contributed by atoms with Crippen molar-refractivity contribution in [2.45, 2.75) is 12.8 Å². The Labute approximate surface area is 144 Å². The number of benzene rings is 2. The number of halogens is 5. The maximum Gasteiger partial charge on any atom is 0.418 e. The van der Waals surface area contributed by atoms with Crippen molar-refractivity contribution in [2.24, 2.45) is 0 Å². The van der Waals surface area contributed by atoms with Gasteiger partial charge in [0.1, 0.15) is 5.75 Å². The molecular weight excluding hydrogens is 361 g/mol. The second-order valence-corrected chi connectivity index (χ2v) is 4.85. The Balaban J connectivity index is 2.11. The van der Waals surface area contributed by atoms with E-state index in [2.05, 4.69) is 15.6 Å². The first-order chi connectivity index (χ1) is 12.2. The number of amides is 1. The first-order valence-electron chi connectivity index (χ1n) is 6.93. The van der Waals surface area contributed by atoms with Crippen molar-refractivity contribution in [2.75, 3.05) is 5.43 Å². The number of alkyl halides is 5. The van der Waals surface area contributed by atoms with Crippen LogP contribution in [-0.2, 0) is 6.18 Å². The van der Waals surface area contributed by atoms with Crippen molar-refractivity contribution in [1.29, 1.82) is 5.26 Å². The molecule has 0 saturated heterocycles. The molecule has 2 rings (SSSR count). The fourth-order valence-electron chi connectivity index (χ4n) is 1.94. The summed E-state index contributed by atoms with van der Waals surface area (Å²) in [6, 6.07) is 8.95. The quantitative estimate of drug-likeness (QED) is 0.617. The molecule has 2 N–H and O–H groups in total. The molecule has 0 unspecified atom stereocenters. The van der Waals surface area contributed by atoms with Crippen molar-refractivity contribution in [3.8, 4) is 11.8 Å². The maximum absolute atomic E-state index is 13.0. The van der Waals surface area contributed by atoms with Gasteiger partial charge in [0.15, 0.2) is 0 Å². The first-order valence-corrected chi connectivity index (χ1v) is 6.93. The van der Waals surface area contributed by atoms with E-state index in [1.54, 1.807) is 6.07 Å². The molecule has 2 aromatic rings. The smallest absolute Gasteiger partial charge is 0.418 e. The van der Waals surface area contributed by atoms with Gasteiger partial charge in [-0.1, -0.05) is 0 Å². The molecule has 2 aromatic carbocycles. The van der Waals surface area contributed by atoms with E-state index in [4.69, 9.17) is 5.26 Å². The maximum atomic E-state index is 13.0. The number of carbonyl (C=O) groups is 1. The molecule has 0 aliphatic carbocycles. The Morgan fingerprint density at radius 1 is 1.12 bits per heavy atom. The topological polar surface area (TPSA) is 74.2 Å². The fourth-order valence-corrected chi connectivity index (χ4v) is 1.94. The summed E-state index contributed by atoms with van der Waals surface area (Å²) in [5.74, 6) is -0.970. The monoisotopic (exact) mass is 371 g/mol. The highest BCUT2D eigenvalue weighted by atomic mass is 19.4. The predicted octanol–water partition coefficient (Wildman–Crippen LogP) is 3.94. The number of carbonyl (C=O) groups excluding carboxylic acids is 1. The number of anilines is 1. The van der Waals surface area contributed by atoms with Crippen molar-refractivity contribution < 1.29 is 31.5 Å². The van der Waals surface area contributed by atoms with Crippen LogP contribution in [0.2, 0.25) is 0 Å². The Morgan fingerprint density at radius 3 is 2.31 bits per heavy atom. The minimum absolute atomic E-state index is 0.00122. The molecular formula is C16H10F5N3O2. The number of hydrogen-bond donors (Lipinski definition) is 2. The zero-order valence-corrected chi connectivity index (χ0v) is 12.8. The van der Waals surface area contributed by atoms with Gasteiger partial charge in [-0.25, -0.2) is 0 Å². The minimum Gasteiger partial charge on any atom is -0.435 e. The van der Waals surface area contributed by atoms with E-state index in [-0.39, 0.29) is 16.9 Å². The molecule has 10 heteroatoms. The van der Waals surface area contributed by atoms with Gasteiger partial charge in [0.05, 0.1) is 22.9 Å². The third kappa shape index (κ3) is 4.83. The highest BCUT2D eigenvalue weighted by molar-refractivity contribution is 5.95. The van der Waals surface area contributed by atoms with Gasteiger partial charge in [-0.2, -0.15) is 27.2 Å². The number of hydrazine groups is 1. The molecule has 136 valence electrons. The molecule has 0 heterocycles. The standard InChI is InChI=1S/C16H10F5N3O2/c17-15(18)26-11-4-2-10(3-5-11)14(25)24-23-13-6-1-9(8-22)7-12(13)16(19,20)21/h1-7,15,23H,(H,24,25). The van der Waals surface area contributed by atoms with Gasteiger partial charge in [-0.05, 0) is 42.5 Å². The Hall–Kier alpha value is -3.35. The lowest BCUT2D eigenvalue weighted by atomic mass is 10.1. The lowest BCUT2D eigenvalue weighted by Crippen LogP contribution is -2.30. The van der Waals surface area contributed by atoms with Crippen molar-refractivity contribution in [3.63, 3.8) is 0 Å². The zero-order valence-electron chi connectivity index (χ0n) is 12.8. The lowest BCUT2D eigenvalue weighted by molar-refractivity contribution is -0.137. The zero-order chi connectivity index (χ0) is 19.3. The van der Waals surface area contributed by atoms with Crippen LogP contribution in [0, 0.1) is 11.3 Å². The Kier molecular flexibility index (Phi) is 5.61. The molecule has 0 saturated carbocycles. The van der Waals surface area contributed by atoms with Gasteiger partial charge in [-0.3, -0.25) is 15.6 Å². The van der Waals surface area contributed by atoms with Crippen LogP contribution in [0.15, 0.2) is 42.5 Å². The average molecular weight is 371 g/mol. The van der Waals surface area contributed by atoms with Crippen molar-refractivity contribution in [1.82, 2.24) is 5.43 Å². The number of nitriles is 1. The van der Waals surface area contributed by atoms with Gasteiger partial charge in [0, 0.05) is 5.56 Å². The van der Waals surface area contributed by atoms with E-state index >= 15 is 0 Å². The van der Waals surface area contributed by atoms with Crippen LogP contribution >= 0.6 is 0 Å². The second kappa shape index (κ2) is 7.69. The number of hydrogen-bond acceptors (Lipinski definition) is 4. The van der Waals surface area contributed by atoms with E-state index in [0.717, 1.165) is 36.4 Å². The van der Waals surface area contributed by atoms with Crippen LogP contribution in [0.5, 0.6) is 5.75 Å². The highest BCUT2D eigenvalue weighted by Crippen LogP contribution is 2.35. The van der Waals surface area contributed by atoms with E-state index in [0.29, 0.717) is 6.07 Å². The highest BCUT2D eigenvalue weighted by Gasteiger charge is 2.34. The van der Waals surface area contributed by atoms with E-state index in [1.807, 2.05) is 0 Å². The van der Waals surface area contributed by atoms with Crippen LogP contribution in [0.25, 0.3) is 0 Å². The van der Waals surface area contributed by atoms with E-state index in [1.165, 1.54) is 0 Å². The second-order valence-electron chi connectivity index (χ2n) is 4.85. The SMILES string of the molecule is N#Cc1ccc(NNC(=O)c2ccc(OC(F)F)cc2)c(C(F)(F)F)c1. The predicted molar refractivity (Wildman–Crippen MR) is 80.3 cm³/mol. The lowest BCUT2D eigenvalue weighted by Gasteiger charge is -2.15. The van der Waals surface area contributed by atoms with Crippen LogP contribution < -0.4 is 15.6 Å². The largest absolute Gasteiger partial charge is 0.435 e. The summed E-state index contributed by atoms with van der Waals surface area (Å²) in [5, 5.41) is 8.70. The van der Waals surface area contributed by atoms with Crippen LogP contribution in [0.4, 0.5) is 27.6 Å². The number of nitrogens with one attached hydrogen (secondary N) is 2. The first kappa shape index (κ1) is 19.0. The minimum atomic E-state index is -4.74.